The highest BCUT2D eigenvalue weighted by molar-refractivity contribution is 7.99. The van der Waals surface area contributed by atoms with Crippen LogP contribution >= 0.6 is 11.8 Å². The van der Waals surface area contributed by atoms with Crippen LogP contribution in [0.3, 0.4) is 0 Å². The molecule has 0 radical (unpaired) electrons. The van der Waals surface area contributed by atoms with Crippen molar-refractivity contribution in [2.75, 3.05) is 18.8 Å². The number of carbonyl (C=O) groups excluding carboxylic acids is 1. The molecule has 4 rings (SSSR count). The van der Waals surface area contributed by atoms with Crippen molar-refractivity contribution in [1.29, 1.82) is 0 Å². The van der Waals surface area contributed by atoms with Crippen LogP contribution in [0.25, 0.3) is 0 Å². The van der Waals surface area contributed by atoms with Gasteiger partial charge in [-0.05, 0) is 30.5 Å². The quantitative estimate of drug-likeness (QED) is 0.472. The molecular weight excluding hydrogens is 372 g/mol. The van der Waals surface area contributed by atoms with Gasteiger partial charge in [-0.3, -0.25) is 9.78 Å². The minimum Gasteiger partial charge on any atom is -0.341 e. The van der Waals surface area contributed by atoms with Crippen molar-refractivity contribution in [3.8, 4) is 0 Å². The van der Waals surface area contributed by atoms with Crippen LogP contribution in [0.4, 0.5) is 0 Å². The molecule has 0 bridgehead atoms. The van der Waals surface area contributed by atoms with Crippen molar-refractivity contribution in [2.45, 2.75) is 30.5 Å². The molecule has 0 aromatic carbocycles. The summed E-state index contributed by atoms with van der Waals surface area (Å²) in [5, 5.41) is 0.636. The Kier molecular flexibility index (Phi) is 5.96. The van der Waals surface area contributed by atoms with Gasteiger partial charge in [0, 0.05) is 56.2 Å². The number of thioether (sulfide) groups is 1. The zero-order valence-corrected chi connectivity index (χ0v) is 16.3. The molecule has 1 aliphatic heterocycles. The Morgan fingerprint density at radius 1 is 1.14 bits per heavy atom. The largest absolute Gasteiger partial charge is 0.341 e. The second-order valence-electron chi connectivity index (χ2n) is 6.77. The summed E-state index contributed by atoms with van der Waals surface area (Å²) in [7, 11) is 0. The number of piperidine rings is 1. The number of hydrogen-bond donors (Lipinski definition) is 0. The van der Waals surface area contributed by atoms with Crippen LogP contribution < -0.4 is 0 Å². The van der Waals surface area contributed by atoms with E-state index in [-0.39, 0.29) is 11.8 Å². The fraction of sp³-hybridized carbons (Fsp3) is 0.350. The predicted octanol–water partition coefficient (Wildman–Crippen LogP) is 2.61. The maximum atomic E-state index is 12.7. The number of rotatable bonds is 6. The number of imidazole rings is 1. The average molecular weight is 395 g/mol. The summed E-state index contributed by atoms with van der Waals surface area (Å²) < 4.78 is 2.17. The molecule has 1 aliphatic rings. The maximum absolute atomic E-state index is 12.7. The molecule has 3 aromatic rings. The Labute approximate surface area is 168 Å². The Morgan fingerprint density at radius 2 is 2.04 bits per heavy atom. The molecular formula is C20H22N6OS. The zero-order chi connectivity index (χ0) is 19.2. The monoisotopic (exact) mass is 394 g/mol. The molecule has 7 nitrogen and oxygen atoms in total. The van der Waals surface area contributed by atoms with Crippen LogP contribution in [-0.2, 0) is 11.3 Å². The van der Waals surface area contributed by atoms with Gasteiger partial charge in [-0.15, -0.1) is 0 Å². The number of carbonyl (C=O) groups is 1. The maximum Gasteiger partial charge on any atom is 0.233 e. The van der Waals surface area contributed by atoms with E-state index >= 15 is 0 Å². The number of hydrogen-bond acceptors (Lipinski definition) is 6. The lowest BCUT2D eigenvalue weighted by Crippen LogP contribution is -2.40. The first-order chi connectivity index (χ1) is 13.8. The van der Waals surface area contributed by atoms with E-state index in [0.717, 1.165) is 37.3 Å². The standard InChI is InChI=1S/C20H22N6OS/c27-18(15-28-20-23-7-3-8-24-20)25-10-2-5-17(14-25)19-22-9-11-26(19)13-16-4-1-6-21-12-16/h1,3-4,6-9,11-12,17H,2,5,10,13-15H2. The van der Waals surface area contributed by atoms with Crippen molar-refractivity contribution in [3.05, 3.63) is 66.8 Å². The van der Waals surface area contributed by atoms with Crippen LogP contribution in [-0.4, -0.2) is 54.2 Å². The highest BCUT2D eigenvalue weighted by atomic mass is 32.2. The van der Waals surface area contributed by atoms with Gasteiger partial charge in [0.2, 0.25) is 5.91 Å². The van der Waals surface area contributed by atoms with E-state index in [0.29, 0.717) is 17.5 Å². The minimum atomic E-state index is 0.132. The van der Waals surface area contributed by atoms with E-state index in [1.807, 2.05) is 29.6 Å². The Bertz CT molecular complexity index is 901. The Hall–Kier alpha value is -2.74. The first-order valence-corrected chi connectivity index (χ1v) is 10.4. The number of pyridine rings is 1. The lowest BCUT2D eigenvalue weighted by molar-refractivity contribution is -0.129. The van der Waals surface area contributed by atoms with E-state index in [1.165, 1.54) is 11.8 Å². The third-order valence-electron chi connectivity index (χ3n) is 4.83. The predicted molar refractivity (Wildman–Crippen MR) is 107 cm³/mol. The van der Waals surface area contributed by atoms with Crippen molar-refractivity contribution in [1.82, 2.24) is 29.4 Å². The Morgan fingerprint density at radius 3 is 2.86 bits per heavy atom. The van der Waals surface area contributed by atoms with Crippen molar-refractivity contribution in [3.63, 3.8) is 0 Å². The molecule has 0 N–H and O–H groups in total. The summed E-state index contributed by atoms with van der Waals surface area (Å²) in [6, 6.07) is 5.78. The van der Waals surface area contributed by atoms with Gasteiger partial charge >= 0.3 is 0 Å². The molecule has 0 spiro atoms. The number of aromatic nitrogens is 5. The summed E-state index contributed by atoms with van der Waals surface area (Å²) in [5.74, 6) is 1.79. The zero-order valence-electron chi connectivity index (χ0n) is 15.5. The molecule has 8 heteroatoms. The van der Waals surface area contributed by atoms with Crippen molar-refractivity contribution >= 4 is 17.7 Å². The topological polar surface area (TPSA) is 76.8 Å². The van der Waals surface area contributed by atoms with E-state index in [9.17, 15) is 4.79 Å². The summed E-state index contributed by atoms with van der Waals surface area (Å²) >= 11 is 1.38. The molecule has 144 valence electrons. The van der Waals surface area contributed by atoms with Gasteiger partial charge in [-0.25, -0.2) is 15.0 Å². The fourth-order valence-corrected chi connectivity index (χ4v) is 4.20. The normalized spacial score (nSPS) is 16.9. The van der Waals surface area contributed by atoms with E-state index in [2.05, 4.69) is 30.6 Å². The second-order valence-corrected chi connectivity index (χ2v) is 7.72. The van der Waals surface area contributed by atoms with Gasteiger partial charge in [0.05, 0.1) is 12.3 Å². The molecule has 1 fully saturated rings. The number of nitrogens with zero attached hydrogens (tertiary/aromatic N) is 6. The van der Waals surface area contributed by atoms with Crippen LogP contribution in [0.1, 0.15) is 30.1 Å². The SMILES string of the molecule is O=C(CSc1ncccn1)N1CCCC(c2nccn2Cc2cccnc2)C1. The van der Waals surface area contributed by atoms with Crippen LogP contribution in [0.5, 0.6) is 0 Å². The lowest BCUT2D eigenvalue weighted by Gasteiger charge is -2.32. The average Bonchev–Trinajstić information content (AvgIpc) is 3.22. The van der Waals surface area contributed by atoms with Crippen LogP contribution in [0.2, 0.25) is 0 Å². The molecule has 4 heterocycles. The minimum absolute atomic E-state index is 0.132. The molecule has 3 aromatic heterocycles. The molecule has 0 aliphatic carbocycles. The van der Waals surface area contributed by atoms with E-state index in [4.69, 9.17) is 0 Å². The van der Waals surface area contributed by atoms with Crippen LogP contribution in [0.15, 0.2) is 60.5 Å². The lowest BCUT2D eigenvalue weighted by atomic mass is 9.97. The Balaban J connectivity index is 1.39. The van der Waals surface area contributed by atoms with Gasteiger partial charge in [-0.1, -0.05) is 17.8 Å². The van der Waals surface area contributed by atoms with Crippen molar-refractivity contribution in [2.24, 2.45) is 0 Å². The molecule has 1 saturated heterocycles. The first kappa shape index (κ1) is 18.6. The van der Waals surface area contributed by atoms with Gasteiger partial charge in [0.15, 0.2) is 5.16 Å². The van der Waals surface area contributed by atoms with E-state index in [1.54, 1.807) is 24.7 Å². The number of amides is 1. The van der Waals surface area contributed by atoms with Crippen molar-refractivity contribution < 1.29 is 4.79 Å². The van der Waals surface area contributed by atoms with Gasteiger partial charge in [-0.2, -0.15) is 0 Å². The molecule has 0 saturated carbocycles. The third-order valence-corrected chi connectivity index (χ3v) is 5.69. The summed E-state index contributed by atoms with van der Waals surface area (Å²) in [5.41, 5.74) is 1.14. The van der Waals surface area contributed by atoms with Gasteiger partial charge in [0.1, 0.15) is 5.82 Å². The highest BCUT2D eigenvalue weighted by Gasteiger charge is 2.27. The molecule has 28 heavy (non-hydrogen) atoms. The van der Waals surface area contributed by atoms with Gasteiger partial charge in [0.25, 0.3) is 0 Å². The van der Waals surface area contributed by atoms with Gasteiger partial charge < -0.3 is 9.47 Å². The summed E-state index contributed by atoms with van der Waals surface area (Å²) in [4.78, 5) is 31.8. The summed E-state index contributed by atoms with van der Waals surface area (Å²) in [6.07, 6.45) is 12.9. The highest BCUT2D eigenvalue weighted by Crippen LogP contribution is 2.27. The number of likely N-dealkylation sites (tertiary alicyclic amines) is 1. The molecule has 1 unspecified atom stereocenters. The first-order valence-electron chi connectivity index (χ1n) is 9.37. The van der Waals surface area contributed by atoms with E-state index < -0.39 is 0 Å². The smallest absolute Gasteiger partial charge is 0.233 e. The third kappa shape index (κ3) is 4.56. The van der Waals surface area contributed by atoms with Crippen LogP contribution in [0, 0.1) is 0 Å². The second kappa shape index (κ2) is 8.97. The fourth-order valence-electron chi connectivity index (χ4n) is 3.49. The summed E-state index contributed by atoms with van der Waals surface area (Å²) in [6.45, 7) is 2.25. The molecule has 1 atom stereocenters. The molecule has 1 amide bonds.